The third kappa shape index (κ3) is 3.66. The predicted octanol–water partition coefficient (Wildman–Crippen LogP) is 6.12. The Hall–Kier alpha value is -2.50. The second kappa shape index (κ2) is 7.62. The molecule has 0 saturated carbocycles. The van der Waals surface area contributed by atoms with Gasteiger partial charge in [0.15, 0.2) is 5.58 Å². The fraction of sp³-hybridized carbons (Fsp3) is 0.136. The van der Waals surface area contributed by atoms with E-state index in [2.05, 4.69) is 23.7 Å². The molecule has 3 nitrogen and oxygen atoms in total. The number of carbonyl (C=O) groups excluding carboxylic acids is 1. The molecule has 27 heavy (non-hydrogen) atoms. The minimum atomic E-state index is -0.0957. The maximum Gasteiger partial charge on any atom is 0.256 e. The number of furan rings is 1. The molecule has 4 rings (SSSR count). The third-order valence-corrected chi connectivity index (χ3v) is 6.21. The van der Waals surface area contributed by atoms with Crippen LogP contribution in [0.1, 0.15) is 20.8 Å². The van der Waals surface area contributed by atoms with E-state index in [9.17, 15) is 4.79 Å². The van der Waals surface area contributed by atoms with Gasteiger partial charge < -0.3 is 9.73 Å². The Morgan fingerprint density at radius 3 is 2.56 bits per heavy atom. The Bertz CT molecular complexity index is 1080. The number of nitrogens with one attached hydrogen (secondary N) is 1. The highest BCUT2D eigenvalue weighted by Crippen LogP contribution is 2.36. The Labute approximate surface area is 166 Å². The molecule has 2 aromatic carbocycles. The van der Waals surface area contributed by atoms with Gasteiger partial charge in [-0.2, -0.15) is 0 Å². The molecule has 2 heterocycles. The van der Waals surface area contributed by atoms with E-state index in [0.717, 1.165) is 26.5 Å². The molecule has 0 fully saturated rings. The van der Waals surface area contributed by atoms with E-state index in [1.807, 2.05) is 55.5 Å². The molecule has 0 aliphatic rings. The van der Waals surface area contributed by atoms with Crippen LogP contribution in [0, 0.1) is 6.92 Å². The maximum absolute atomic E-state index is 12.8. The van der Waals surface area contributed by atoms with Gasteiger partial charge in [0, 0.05) is 27.9 Å². The van der Waals surface area contributed by atoms with E-state index >= 15 is 0 Å². The molecule has 5 heteroatoms. The van der Waals surface area contributed by atoms with Crippen molar-refractivity contribution < 1.29 is 9.21 Å². The number of carbonyl (C=O) groups is 1. The Kier molecular flexibility index (Phi) is 5.05. The topological polar surface area (TPSA) is 42.2 Å². The summed E-state index contributed by atoms with van der Waals surface area (Å²) >= 11 is 3.30. The number of fused-ring (bicyclic) bond motifs is 1. The molecule has 0 aliphatic heterocycles. The average Bonchev–Trinajstić information content (AvgIpc) is 3.23. The van der Waals surface area contributed by atoms with Gasteiger partial charge in [-0.25, -0.2) is 0 Å². The molecular weight excluding hydrogens is 374 g/mol. The lowest BCUT2D eigenvalue weighted by Gasteiger charge is -2.06. The Balaban J connectivity index is 1.57. The van der Waals surface area contributed by atoms with Crippen LogP contribution >= 0.6 is 23.1 Å². The number of thioether (sulfide) groups is 1. The highest BCUT2D eigenvalue weighted by Gasteiger charge is 2.21. The third-order valence-electron chi connectivity index (χ3n) is 4.44. The van der Waals surface area contributed by atoms with Crippen LogP contribution in [0.25, 0.3) is 21.6 Å². The van der Waals surface area contributed by atoms with Crippen molar-refractivity contribution in [2.45, 2.75) is 18.4 Å². The summed E-state index contributed by atoms with van der Waals surface area (Å²) in [5.41, 5.74) is 3.40. The molecule has 0 bridgehead atoms. The Morgan fingerprint density at radius 1 is 1.11 bits per heavy atom. The zero-order chi connectivity index (χ0) is 18.8. The van der Waals surface area contributed by atoms with Gasteiger partial charge in [0.05, 0.1) is 10.3 Å². The molecule has 2 aromatic heterocycles. The molecule has 1 N–H and O–H groups in total. The van der Waals surface area contributed by atoms with Gasteiger partial charge in [-0.15, -0.1) is 23.1 Å². The number of benzene rings is 2. The highest BCUT2D eigenvalue weighted by molar-refractivity contribution is 7.98. The van der Waals surface area contributed by atoms with Gasteiger partial charge >= 0.3 is 0 Å². The van der Waals surface area contributed by atoms with Crippen LogP contribution in [0.5, 0.6) is 0 Å². The van der Waals surface area contributed by atoms with Crippen LogP contribution in [0.4, 0.5) is 0 Å². The largest absolute Gasteiger partial charge is 0.454 e. The first-order valence-corrected chi connectivity index (χ1v) is 10.7. The molecule has 136 valence electrons. The fourth-order valence-electron chi connectivity index (χ4n) is 3.02. The van der Waals surface area contributed by atoms with Gasteiger partial charge in [0.2, 0.25) is 0 Å². The predicted molar refractivity (Wildman–Crippen MR) is 114 cm³/mol. The maximum atomic E-state index is 12.8. The summed E-state index contributed by atoms with van der Waals surface area (Å²) in [6.45, 7) is 2.46. The summed E-state index contributed by atoms with van der Waals surface area (Å²) in [6.07, 6.45) is 2.05. The fourth-order valence-corrected chi connectivity index (χ4v) is 4.45. The summed E-state index contributed by atoms with van der Waals surface area (Å²) in [6, 6.07) is 20.2. The number of amides is 1. The molecule has 0 saturated heterocycles. The number of aryl methyl sites for hydroxylation is 1. The average molecular weight is 394 g/mol. The van der Waals surface area contributed by atoms with E-state index in [4.69, 9.17) is 4.42 Å². The van der Waals surface area contributed by atoms with Crippen molar-refractivity contribution in [3.05, 3.63) is 76.7 Å². The van der Waals surface area contributed by atoms with Gasteiger partial charge in [-0.05, 0) is 30.9 Å². The first-order valence-electron chi connectivity index (χ1n) is 8.65. The van der Waals surface area contributed by atoms with Crippen molar-refractivity contribution in [2.24, 2.45) is 0 Å². The lowest BCUT2D eigenvalue weighted by molar-refractivity contribution is 0.0951. The van der Waals surface area contributed by atoms with Crippen molar-refractivity contribution in [2.75, 3.05) is 6.26 Å². The van der Waals surface area contributed by atoms with E-state index in [-0.39, 0.29) is 5.91 Å². The summed E-state index contributed by atoms with van der Waals surface area (Å²) in [5.74, 6) is 0.695. The minimum Gasteiger partial charge on any atom is -0.454 e. The molecule has 0 unspecified atom stereocenters. The first kappa shape index (κ1) is 17.9. The lowest BCUT2D eigenvalue weighted by Crippen LogP contribution is -2.23. The van der Waals surface area contributed by atoms with Crippen molar-refractivity contribution in [3.8, 4) is 11.3 Å². The molecule has 0 aliphatic carbocycles. The smallest absolute Gasteiger partial charge is 0.256 e. The first-order chi connectivity index (χ1) is 13.2. The number of thiophene rings is 1. The highest BCUT2D eigenvalue weighted by atomic mass is 32.2. The quantitative estimate of drug-likeness (QED) is 0.415. The van der Waals surface area contributed by atoms with E-state index in [0.29, 0.717) is 17.7 Å². The lowest BCUT2D eigenvalue weighted by atomic mass is 10.2. The van der Waals surface area contributed by atoms with Gasteiger partial charge in [-0.3, -0.25) is 4.79 Å². The zero-order valence-electron chi connectivity index (χ0n) is 15.1. The van der Waals surface area contributed by atoms with Gasteiger partial charge in [-0.1, -0.05) is 42.5 Å². The van der Waals surface area contributed by atoms with Gasteiger partial charge in [0.1, 0.15) is 5.76 Å². The number of rotatable bonds is 5. The van der Waals surface area contributed by atoms with E-state index < -0.39 is 0 Å². The summed E-state index contributed by atoms with van der Waals surface area (Å²) in [5, 5.41) is 3.02. The van der Waals surface area contributed by atoms with Crippen LogP contribution in [-0.2, 0) is 6.54 Å². The van der Waals surface area contributed by atoms with Gasteiger partial charge in [0.25, 0.3) is 5.91 Å². The van der Waals surface area contributed by atoms with Crippen molar-refractivity contribution >= 4 is 39.3 Å². The molecule has 4 aromatic rings. The van der Waals surface area contributed by atoms with Crippen LogP contribution < -0.4 is 5.32 Å². The zero-order valence-corrected chi connectivity index (χ0v) is 16.7. The Morgan fingerprint density at radius 2 is 1.85 bits per heavy atom. The second-order valence-electron chi connectivity index (χ2n) is 6.23. The summed E-state index contributed by atoms with van der Waals surface area (Å²) in [4.78, 5) is 15.0. The molecule has 0 atom stereocenters. The molecule has 0 spiro atoms. The van der Waals surface area contributed by atoms with E-state index in [1.54, 1.807) is 23.1 Å². The van der Waals surface area contributed by atoms with Crippen molar-refractivity contribution in [3.63, 3.8) is 0 Å². The summed E-state index contributed by atoms with van der Waals surface area (Å²) < 4.78 is 7.06. The van der Waals surface area contributed by atoms with Crippen LogP contribution in [0.2, 0.25) is 0 Å². The van der Waals surface area contributed by atoms with Crippen LogP contribution in [0.3, 0.4) is 0 Å². The summed E-state index contributed by atoms with van der Waals surface area (Å²) in [7, 11) is 0. The normalized spacial score (nSPS) is 11.0. The molecule has 1 amide bonds. The van der Waals surface area contributed by atoms with Crippen LogP contribution in [0.15, 0.2) is 70.0 Å². The SMILES string of the molecule is CSc1ccc(CNC(=O)c2c(C)sc3cc(-c4ccccc4)oc23)cc1. The standard InChI is InChI=1S/C22H19NO2S2/c1-14-20(22(24)23-13-15-8-10-17(26-2)11-9-15)21-19(27-14)12-18(25-21)16-6-4-3-5-7-16/h3-12H,13H2,1-2H3,(H,23,24). The monoisotopic (exact) mass is 393 g/mol. The van der Waals surface area contributed by atoms with Crippen molar-refractivity contribution in [1.29, 1.82) is 0 Å². The minimum absolute atomic E-state index is 0.0957. The number of hydrogen-bond acceptors (Lipinski definition) is 4. The van der Waals surface area contributed by atoms with Crippen molar-refractivity contribution in [1.82, 2.24) is 5.32 Å². The second-order valence-corrected chi connectivity index (χ2v) is 8.37. The molecule has 0 radical (unpaired) electrons. The molecular formula is C22H19NO2S2. The number of hydrogen-bond donors (Lipinski definition) is 1. The van der Waals surface area contributed by atoms with E-state index in [1.165, 1.54) is 4.90 Å². The van der Waals surface area contributed by atoms with Crippen LogP contribution in [-0.4, -0.2) is 12.2 Å².